The summed E-state index contributed by atoms with van der Waals surface area (Å²) in [5.41, 5.74) is 1.81. The minimum Gasteiger partial charge on any atom is -0.354 e. The summed E-state index contributed by atoms with van der Waals surface area (Å²) >= 11 is 20.3. The van der Waals surface area contributed by atoms with Crippen LogP contribution >= 0.6 is 46.6 Å². The molecule has 0 spiro atoms. The molecule has 0 aliphatic rings. The number of hydrogen-bond acceptors (Lipinski definition) is 3. The van der Waals surface area contributed by atoms with Crippen molar-refractivity contribution >= 4 is 58.4 Å². The Balaban J connectivity index is 1.90. The van der Waals surface area contributed by atoms with Gasteiger partial charge in [0.15, 0.2) is 0 Å². The van der Waals surface area contributed by atoms with Gasteiger partial charge in [-0.05, 0) is 36.2 Å². The van der Waals surface area contributed by atoms with Gasteiger partial charge in [0, 0.05) is 51.5 Å². The van der Waals surface area contributed by atoms with Crippen molar-refractivity contribution < 1.29 is 14.0 Å². The van der Waals surface area contributed by atoms with Crippen LogP contribution in [0.15, 0.2) is 66.7 Å². The van der Waals surface area contributed by atoms with Gasteiger partial charge in [0.25, 0.3) is 0 Å². The Morgan fingerprint density at radius 1 is 0.919 bits per heavy atom. The summed E-state index contributed by atoms with van der Waals surface area (Å²) in [5, 5.41) is 4.05. The van der Waals surface area contributed by atoms with Crippen LogP contribution in [0, 0.1) is 5.82 Å². The van der Waals surface area contributed by atoms with Gasteiger partial charge in [0.2, 0.25) is 11.8 Å². The van der Waals surface area contributed by atoms with Crippen molar-refractivity contribution in [3.8, 4) is 0 Å². The molecule has 3 rings (SSSR count). The summed E-state index contributed by atoms with van der Waals surface area (Å²) in [6.07, 6.45) is 1.07. The number of carbonyl (C=O) groups is 2. The Labute approximate surface area is 236 Å². The predicted molar refractivity (Wildman–Crippen MR) is 152 cm³/mol. The molecule has 4 nitrogen and oxygen atoms in total. The number of rotatable bonds is 12. The van der Waals surface area contributed by atoms with E-state index in [1.807, 2.05) is 37.3 Å². The molecule has 196 valence electrons. The smallest absolute Gasteiger partial charge is 0.243 e. The predicted octanol–water partition coefficient (Wildman–Crippen LogP) is 7.19. The Hall–Kier alpha value is -2.25. The van der Waals surface area contributed by atoms with Crippen molar-refractivity contribution in [2.75, 3.05) is 12.3 Å². The van der Waals surface area contributed by atoms with E-state index < -0.39 is 11.9 Å². The Morgan fingerprint density at radius 2 is 1.54 bits per heavy atom. The highest BCUT2D eigenvalue weighted by atomic mass is 35.5. The SMILES string of the molecule is CCCNC(=O)[C@H](Cc1ccccc1)N(Cc1c(Cl)cccc1Cl)C(=O)CSCc1c(F)cccc1Cl. The molecule has 37 heavy (non-hydrogen) atoms. The van der Waals surface area contributed by atoms with E-state index in [4.69, 9.17) is 34.8 Å². The van der Waals surface area contributed by atoms with Crippen LogP contribution in [-0.2, 0) is 28.3 Å². The van der Waals surface area contributed by atoms with Crippen molar-refractivity contribution in [3.63, 3.8) is 0 Å². The van der Waals surface area contributed by atoms with Gasteiger partial charge in [-0.1, -0.05) is 84.2 Å². The minimum absolute atomic E-state index is 0.0130. The molecule has 0 radical (unpaired) electrons. The van der Waals surface area contributed by atoms with Crippen LogP contribution in [0.1, 0.15) is 30.0 Å². The van der Waals surface area contributed by atoms with Gasteiger partial charge in [0.1, 0.15) is 11.9 Å². The topological polar surface area (TPSA) is 49.4 Å². The molecule has 0 heterocycles. The first-order chi connectivity index (χ1) is 17.8. The van der Waals surface area contributed by atoms with Crippen LogP contribution < -0.4 is 5.32 Å². The first-order valence-electron chi connectivity index (χ1n) is 11.9. The van der Waals surface area contributed by atoms with Crippen molar-refractivity contribution in [3.05, 3.63) is 104 Å². The Kier molecular flexibility index (Phi) is 11.6. The lowest BCUT2D eigenvalue weighted by atomic mass is 10.0. The van der Waals surface area contributed by atoms with Crippen LogP contribution in [0.3, 0.4) is 0 Å². The molecule has 3 aromatic rings. The summed E-state index contributed by atoms with van der Waals surface area (Å²) in [4.78, 5) is 28.5. The highest BCUT2D eigenvalue weighted by molar-refractivity contribution is 7.99. The fraction of sp³-hybridized carbons (Fsp3) is 0.286. The van der Waals surface area contributed by atoms with Gasteiger partial charge in [-0.25, -0.2) is 4.39 Å². The van der Waals surface area contributed by atoms with Crippen LogP contribution in [0.4, 0.5) is 4.39 Å². The minimum atomic E-state index is -0.800. The summed E-state index contributed by atoms with van der Waals surface area (Å²) in [7, 11) is 0. The number of benzene rings is 3. The van der Waals surface area contributed by atoms with E-state index in [9.17, 15) is 14.0 Å². The number of hydrogen-bond donors (Lipinski definition) is 1. The lowest BCUT2D eigenvalue weighted by Gasteiger charge is -2.32. The second-order valence-corrected chi connectivity index (χ2v) is 10.6. The molecule has 0 fully saturated rings. The molecule has 0 aliphatic carbocycles. The third kappa shape index (κ3) is 8.37. The van der Waals surface area contributed by atoms with E-state index in [1.165, 1.54) is 28.8 Å². The number of thioether (sulfide) groups is 1. The van der Waals surface area contributed by atoms with Gasteiger partial charge >= 0.3 is 0 Å². The van der Waals surface area contributed by atoms with E-state index in [0.29, 0.717) is 39.2 Å². The second kappa shape index (κ2) is 14.6. The fourth-order valence-electron chi connectivity index (χ4n) is 3.77. The number of amides is 2. The monoisotopic (exact) mass is 580 g/mol. The van der Waals surface area contributed by atoms with Crippen LogP contribution in [0.25, 0.3) is 0 Å². The third-order valence-corrected chi connectivity index (χ3v) is 7.75. The Morgan fingerprint density at radius 3 is 2.16 bits per heavy atom. The van der Waals surface area contributed by atoms with E-state index in [1.54, 1.807) is 24.3 Å². The lowest BCUT2D eigenvalue weighted by Crippen LogP contribution is -2.51. The molecule has 1 N–H and O–H groups in total. The van der Waals surface area contributed by atoms with Crippen LogP contribution in [0.2, 0.25) is 15.1 Å². The van der Waals surface area contributed by atoms with Gasteiger partial charge in [-0.2, -0.15) is 0 Å². The molecular formula is C28H28Cl3FN2O2S. The summed E-state index contributed by atoms with van der Waals surface area (Å²) in [6.45, 7) is 2.50. The normalized spacial score (nSPS) is 11.7. The molecule has 0 unspecified atom stereocenters. The Bertz CT molecular complexity index is 1170. The third-order valence-electron chi connectivity index (χ3n) is 5.74. The van der Waals surface area contributed by atoms with E-state index in [2.05, 4.69) is 5.32 Å². The van der Waals surface area contributed by atoms with Crippen molar-refractivity contribution in [2.45, 2.75) is 38.1 Å². The molecule has 2 amide bonds. The molecule has 0 saturated carbocycles. The van der Waals surface area contributed by atoms with Gasteiger partial charge in [-0.3, -0.25) is 9.59 Å². The maximum atomic E-state index is 14.2. The molecule has 1 atom stereocenters. The zero-order valence-electron chi connectivity index (χ0n) is 20.4. The van der Waals surface area contributed by atoms with Crippen molar-refractivity contribution in [1.82, 2.24) is 10.2 Å². The van der Waals surface area contributed by atoms with E-state index in [-0.39, 0.29) is 29.9 Å². The summed E-state index contributed by atoms with van der Waals surface area (Å²) < 4.78 is 14.2. The van der Waals surface area contributed by atoms with E-state index in [0.717, 1.165) is 12.0 Å². The van der Waals surface area contributed by atoms with Crippen molar-refractivity contribution in [1.29, 1.82) is 0 Å². The molecule has 0 bridgehead atoms. The first-order valence-corrected chi connectivity index (χ1v) is 14.1. The fourth-order valence-corrected chi connectivity index (χ4v) is 5.53. The lowest BCUT2D eigenvalue weighted by molar-refractivity contribution is -0.139. The number of nitrogens with zero attached hydrogens (tertiary/aromatic N) is 1. The highest BCUT2D eigenvalue weighted by Crippen LogP contribution is 2.28. The second-order valence-electron chi connectivity index (χ2n) is 8.41. The molecule has 0 aromatic heterocycles. The molecule has 0 saturated heterocycles. The molecule has 9 heteroatoms. The van der Waals surface area contributed by atoms with E-state index >= 15 is 0 Å². The number of carbonyl (C=O) groups excluding carboxylic acids is 2. The molecule has 0 aliphatic heterocycles. The first kappa shape index (κ1) is 29.3. The van der Waals surface area contributed by atoms with Gasteiger partial charge < -0.3 is 10.2 Å². The van der Waals surface area contributed by atoms with Crippen LogP contribution in [0.5, 0.6) is 0 Å². The largest absolute Gasteiger partial charge is 0.354 e. The quantitative estimate of drug-likeness (QED) is 0.246. The zero-order valence-corrected chi connectivity index (χ0v) is 23.4. The molecular weight excluding hydrogens is 554 g/mol. The van der Waals surface area contributed by atoms with Crippen LogP contribution in [-0.4, -0.2) is 35.1 Å². The molecule has 3 aromatic carbocycles. The van der Waals surface area contributed by atoms with Crippen molar-refractivity contribution in [2.24, 2.45) is 0 Å². The average Bonchev–Trinajstić information content (AvgIpc) is 2.88. The maximum Gasteiger partial charge on any atom is 0.243 e. The number of halogens is 4. The summed E-state index contributed by atoms with van der Waals surface area (Å²) in [6, 6.07) is 18.3. The van der Waals surface area contributed by atoms with Gasteiger partial charge in [-0.15, -0.1) is 11.8 Å². The average molecular weight is 582 g/mol. The summed E-state index contributed by atoms with van der Waals surface area (Å²) in [5.74, 6) is -0.749. The standard InChI is InChI=1S/C28H28Cl3FN2O2S/c1-2-14-33-28(36)26(15-19-8-4-3-5-9-19)34(16-20-22(29)10-6-11-23(20)30)27(35)18-37-17-21-24(31)12-7-13-25(21)32/h3-13,26H,2,14-18H2,1H3,(H,33,36)/t26-/m0/s1. The maximum absolute atomic E-state index is 14.2. The van der Waals surface area contributed by atoms with Gasteiger partial charge in [0.05, 0.1) is 5.75 Å². The zero-order chi connectivity index (χ0) is 26.8. The highest BCUT2D eigenvalue weighted by Gasteiger charge is 2.31. The number of nitrogens with one attached hydrogen (secondary N) is 1.